The molecule has 2 unspecified atom stereocenters. The van der Waals surface area contributed by atoms with Gasteiger partial charge in [-0.25, -0.2) is 0 Å². The van der Waals surface area contributed by atoms with Gasteiger partial charge in [0.15, 0.2) is 0 Å². The van der Waals surface area contributed by atoms with Gasteiger partial charge in [0.25, 0.3) is 0 Å². The molecule has 1 N–H and O–H groups in total. The third-order valence-corrected chi connectivity index (χ3v) is 2.14. The average Bonchev–Trinajstić information content (AvgIpc) is 1.77. The summed E-state index contributed by atoms with van der Waals surface area (Å²) in [7, 11) is 0. The molecule has 10 heavy (non-hydrogen) atoms. The average molecular weight is 144 g/mol. The van der Waals surface area contributed by atoms with Gasteiger partial charge >= 0.3 is 0 Å². The highest BCUT2D eigenvalue weighted by molar-refractivity contribution is 4.71. The van der Waals surface area contributed by atoms with E-state index in [0.29, 0.717) is 6.10 Å². The minimum atomic E-state index is -0.333. The molecule has 0 heterocycles. The fourth-order valence-electron chi connectivity index (χ4n) is 0.924. The van der Waals surface area contributed by atoms with Crippen molar-refractivity contribution in [2.24, 2.45) is 0 Å². The molecule has 1 aliphatic rings. The van der Waals surface area contributed by atoms with Crippen LogP contribution in [0.2, 0.25) is 0 Å². The Hall–Kier alpha value is -0.0800. The van der Waals surface area contributed by atoms with E-state index in [2.05, 4.69) is 0 Å². The quantitative estimate of drug-likeness (QED) is 0.647. The molecule has 0 aliphatic heterocycles. The third kappa shape index (κ3) is 1.96. The molecule has 0 aromatic rings. The van der Waals surface area contributed by atoms with Gasteiger partial charge in [-0.05, 0) is 33.1 Å². The molecule has 0 spiro atoms. The van der Waals surface area contributed by atoms with E-state index in [9.17, 15) is 0 Å². The third-order valence-electron chi connectivity index (χ3n) is 2.14. The highest BCUT2D eigenvalue weighted by Gasteiger charge is 2.22. The van der Waals surface area contributed by atoms with E-state index >= 15 is 0 Å². The van der Waals surface area contributed by atoms with Gasteiger partial charge in [0.1, 0.15) is 0 Å². The number of hydrogen-bond donors (Lipinski definition) is 1. The number of aliphatic hydroxyl groups is 1. The summed E-state index contributed by atoms with van der Waals surface area (Å²) in [4.78, 5) is 0. The Morgan fingerprint density at radius 2 is 2.00 bits per heavy atom. The highest BCUT2D eigenvalue weighted by Crippen LogP contribution is 2.23. The van der Waals surface area contributed by atoms with E-state index in [-0.39, 0.29) is 12.2 Å². The Kier molecular flexibility index (Phi) is 2.69. The van der Waals surface area contributed by atoms with Crippen molar-refractivity contribution in [3.8, 4) is 0 Å². The van der Waals surface area contributed by atoms with Crippen LogP contribution in [0, 0.1) is 0 Å². The van der Waals surface area contributed by atoms with Gasteiger partial charge in [0.05, 0.1) is 18.3 Å². The van der Waals surface area contributed by atoms with E-state index in [0.717, 1.165) is 0 Å². The van der Waals surface area contributed by atoms with Gasteiger partial charge in [-0.1, -0.05) is 0 Å². The van der Waals surface area contributed by atoms with Crippen LogP contribution in [-0.4, -0.2) is 23.4 Å². The second-order valence-electron chi connectivity index (χ2n) is 3.13. The molecule has 0 radical (unpaired) electrons. The van der Waals surface area contributed by atoms with Crippen LogP contribution in [0.5, 0.6) is 0 Å². The lowest BCUT2D eigenvalue weighted by molar-refractivity contribution is -0.0879. The van der Waals surface area contributed by atoms with E-state index in [1.165, 1.54) is 19.3 Å². The fourth-order valence-corrected chi connectivity index (χ4v) is 0.924. The fraction of sp³-hybridized carbons (Fsp3) is 1.00. The van der Waals surface area contributed by atoms with E-state index in [4.69, 9.17) is 9.84 Å². The number of rotatable bonds is 3. The molecule has 2 nitrogen and oxygen atoms in total. The molecule has 0 saturated heterocycles. The van der Waals surface area contributed by atoms with E-state index in [1.54, 1.807) is 6.92 Å². The van der Waals surface area contributed by atoms with Gasteiger partial charge in [0, 0.05) is 0 Å². The zero-order chi connectivity index (χ0) is 7.56. The van der Waals surface area contributed by atoms with Crippen LogP contribution in [0.15, 0.2) is 0 Å². The highest BCUT2D eigenvalue weighted by atomic mass is 16.5. The molecule has 1 rings (SSSR count). The van der Waals surface area contributed by atoms with Crippen LogP contribution in [0.4, 0.5) is 0 Å². The van der Waals surface area contributed by atoms with Crippen LogP contribution in [0.3, 0.4) is 0 Å². The van der Waals surface area contributed by atoms with Crippen molar-refractivity contribution in [2.75, 3.05) is 0 Å². The molecule has 0 amide bonds. The smallest absolute Gasteiger partial charge is 0.0806 e. The van der Waals surface area contributed by atoms with Crippen molar-refractivity contribution in [3.05, 3.63) is 0 Å². The lowest BCUT2D eigenvalue weighted by Crippen LogP contribution is -2.32. The first-order valence-corrected chi connectivity index (χ1v) is 4.03. The van der Waals surface area contributed by atoms with Crippen LogP contribution in [-0.2, 0) is 4.74 Å². The summed E-state index contributed by atoms with van der Waals surface area (Å²) in [5.74, 6) is 0. The molecular formula is C8H16O2. The molecule has 1 fully saturated rings. The zero-order valence-corrected chi connectivity index (χ0v) is 6.71. The Bertz CT molecular complexity index is 97.4. The molecule has 60 valence electrons. The summed E-state index contributed by atoms with van der Waals surface area (Å²) < 4.78 is 5.50. The molecule has 0 aromatic carbocycles. The summed E-state index contributed by atoms with van der Waals surface area (Å²) in [6, 6.07) is 0. The summed E-state index contributed by atoms with van der Waals surface area (Å²) in [6.07, 6.45) is 3.75. The first kappa shape index (κ1) is 8.02. The Morgan fingerprint density at radius 3 is 2.30 bits per heavy atom. The van der Waals surface area contributed by atoms with E-state index < -0.39 is 0 Å². The Labute approximate surface area is 62.2 Å². The SMILES string of the molecule is CC(O)C(C)OC1CCC1. The molecule has 2 heteroatoms. The normalized spacial score (nSPS) is 25.5. The van der Waals surface area contributed by atoms with Crippen LogP contribution >= 0.6 is 0 Å². The summed E-state index contributed by atoms with van der Waals surface area (Å²) >= 11 is 0. The number of ether oxygens (including phenoxy) is 1. The molecule has 2 atom stereocenters. The zero-order valence-electron chi connectivity index (χ0n) is 6.71. The Morgan fingerprint density at radius 1 is 1.40 bits per heavy atom. The van der Waals surface area contributed by atoms with Crippen molar-refractivity contribution in [3.63, 3.8) is 0 Å². The number of hydrogen-bond acceptors (Lipinski definition) is 2. The van der Waals surface area contributed by atoms with Gasteiger partial charge in [0.2, 0.25) is 0 Å². The largest absolute Gasteiger partial charge is 0.391 e. The monoisotopic (exact) mass is 144 g/mol. The van der Waals surface area contributed by atoms with Crippen molar-refractivity contribution < 1.29 is 9.84 Å². The van der Waals surface area contributed by atoms with Crippen molar-refractivity contribution >= 4 is 0 Å². The van der Waals surface area contributed by atoms with Gasteiger partial charge in [-0.15, -0.1) is 0 Å². The van der Waals surface area contributed by atoms with Crippen LogP contribution in [0.1, 0.15) is 33.1 Å². The molecule has 1 saturated carbocycles. The summed E-state index contributed by atoms with van der Waals surface area (Å²) in [6.45, 7) is 3.69. The van der Waals surface area contributed by atoms with Crippen molar-refractivity contribution in [1.82, 2.24) is 0 Å². The van der Waals surface area contributed by atoms with Crippen molar-refractivity contribution in [2.45, 2.75) is 51.4 Å². The standard InChI is InChI=1S/C8H16O2/c1-6(9)7(2)10-8-4-3-5-8/h6-9H,3-5H2,1-2H3. The number of aliphatic hydroxyl groups excluding tert-OH is 1. The second kappa shape index (κ2) is 3.35. The molecule has 0 bridgehead atoms. The molecular weight excluding hydrogens is 128 g/mol. The first-order valence-electron chi connectivity index (χ1n) is 4.03. The van der Waals surface area contributed by atoms with Crippen molar-refractivity contribution in [1.29, 1.82) is 0 Å². The van der Waals surface area contributed by atoms with Crippen LogP contribution < -0.4 is 0 Å². The molecule has 0 aromatic heterocycles. The lowest BCUT2D eigenvalue weighted by atomic mass is 9.96. The maximum Gasteiger partial charge on any atom is 0.0806 e. The second-order valence-corrected chi connectivity index (χ2v) is 3.13. The first-order chi connectivity index (χ1) is 4.70. The lowest BCUT2D eigenvalue weighted by Gasteiger charge is -2.29. The summed E-state index contributed by atoms with van der Waals surface area (Å²) in [5, 5.41) is 9.06. The topological polar surface area (TPSA) is 29.5 Å². The Balaban J connectivity index is 2.10. The van der Waals surface area contributed by atoms with Gasteiger partial charge < -0.3 is 9.84 Å². The van der Waals surface area contributed by atoms with Gasteiger partial charge in [-0.2, -0.15) is 0 Å². The molecule has 1 aliphatic carbocycles. The minimum absolute atomic E-state index is 0.00491. The summed E-state index contributed by atoms with van der Waals surface area (Å²) in [5.41, 5.74) is 0. The van der Waals surface area contributed by atoms with E-state index in [1.807, 2.05) is 6.92 Å². The van der Waals surface area contributed by atoms with Crippen LogP contribution in [0.25, 0.3) is 0 Å². The maximum absolute atomic E-state index is 9.06. The van der Waals surface area contributed by atoms with Gasteiger partial charge in [-0.3, -0.25) is 0 Å². The minimum Gasteiger partial charge on any atom is -0.391 e. The predicted molar refractivity (Wildman–Crippen MR) is 39.9 cm³/mol. The maximum atomic E-state index is 9.06. The predicted octanol–water partition coefficient (Wildman–Crippen LogP) is 1.32.